The maximum absolute atomic E-state index is 12.7. The molecule has 5 heteroatoms. The monoisotopic (exact) mass is 414 g/mol. The molecule has 3 aromatic carbocycles. The van der Waals surface area contributed by atoms with E-state index in [2.05, 4.69) is 10.5 Å². The van der Waals surface area contributed by atoms with Crippen LogP contribution < -0.4 is 10.2 Å². The number of nitrogens with one attached hydrogen (secondary N) is 1. The Bertz CT molecular complexity index is 1130. The van der Waals surface area contributed by atoms with Crippen LogP contribution in [0.1, 0.15) is 53.6 Å². The van der Waals surface area contributed by atoms with Crippen molar-refractivity contribution in [1.29, 1.82) is 0 Å². The molecule has 0 aromatic heterocycles. The first-order valence-corrected chi connectivity index (χ1v) is 10.8. The third-order valence-corrected chi connectivity index (χ3v) is 5.73. The largest absolute Gasteiger partial charge is 0.422 e. The van der Waals surface area contributed by atoms with Crippen LogP contribution in [-0.2, 0) is 4.79 Å². The van der Waals surface area contributed by atoms with Gasteiger partial charge in [0.25, 0.3) is 0 Å². The first-order valence-electron chi connectivity index (χ1n) is 10.8. The maximum atomic E-state index is 12.7. The van der Waals surface area contributed by atoms with Gasteiger partial charge in [-0.2, -0.15) is 5.10 Å². The van der Waals surface area contributed by atoms with E-state index in [1.54, 1.807) is 24.4 Å². The lowest BCUT2D eigenvalue weighted by Gasteiger charge is -2.19. The average Bonchev–Trinajstić information content (AvgIpc) is 2.80. The molecule has 5 nitrogen and oxygen atoms in total. The minimum atomic E-state index is -0.431. The van der Waals surface area contributed by atoms with Crippen LogP contribution in [0.4, 0.5) is 0 Å². The topological polar surface area (TPSA) is 67.8 Å². The Morgan fingerprint density at radius 3 is 2.61 bits per heavy atom. The lowest BCUT2D eigenvalue weighted by molar-refractivity contribution is -0.125. The molecule has 4 rings (SSSR count). The third kappa shape index (κ3) is 5.00. The fraction of sp³-hybridized carbons (Fsp3) is 0.269. The highest BCUT2D eigenvalue weighted by Gasteiger charge is 2.20. The average molecular weight is 415 g/mol. The zero-order valence-electron chi connectivity index (χ0n) is 17.6. The van der Waals surface area contributed by atoms with Crippen molar-refractivity contribution in [2.45, 2.75) is 39.0 Å². The third-order valence-electron chi connectivity index (χ3n) is 5.73. The van der Waals surface area contributed by atoms with E-state index >= 15 is 0 Å². The van der Waals surface area contributed by atoms with Crippen LogP contribution in [0.25, 0.3) is 10.8 Å². The molecule has 1 amide bonds. The predicted molar refractivity (Wildman–Crippen MR) is 122 cm³/mol. The van der Waals surface area contributed by atoms with Gasteiger partial charge in [-0.3, -0.25) is 4.79 Å². The van der Waals surface area contributed by atoms with E-state index in [-0.39, 0.29) is 11.8 Å². The van der Waals surface area contributed by atoms with Gasteiger partial charge in [0.05, 0.1) is 11.8 Å². The first kappa shape index (κ1) is 20.8. The number of rotatable bonds is 5. The van der Waals surface area contributed by atoms with Crippen molar-refractivity contribution in [3.63, 3.8) is 0 Å². The molecule has 0 bridgehead atoms. The minimum Gasteiger partial charge on any atom is -0.422 e. The van der Waals surface area contributed by atoms with Gasteiger partial charge in [0.2, 0.25) is 5.91 Å². The summed E-state index contributed by atoms with van der Waals surface area (Å²) in [6.07, 6.45) is 6.76. The second kappa shape index (κ2) is 9.56. The van der Waals surface area contributed by atoms with Crippen molar-refractivity contribution in [2.24, 2.45) is 11.0 Å². The van der Waals surface area contributed by atoms with Gasteiger partial charge in [0, 0.05) is 11.5 Å². The van der Waals surface area contributed by atoms with Gasteiger partial charge in [-0.1, -0.05) is 67.3 Å². The number of carbonyl (C=O) groups excluding carboxylic acids is 2. The number of hydrogen-bond acceptors (Lipinski definition) is 4. The molecule has 31 heavy (non-hydrogen) atoms. The van der Waals surface area contributed by atoms with Crippen molar-refractivity contribution < 1.29 is 14.3 Å². The van der Waals surface area contributed by atoms with Crippen LogP contribution in [0, 0.1) is 12.8 Å². The normalized spacial score (nSPS) is 14.6. The first-order chi connectivity index (χ1) is 15.1. The van der Waals surface area contributed by atoms with E-state index in [9.17, 15) is 9.59 Å². The standard InChI is InChI=1S/C26H26N2O3/c1-18-8-7-12-21(16-18)26(30)31-24-15-14-19-9-5-6-13-22(19)23(24)17-27-28-25(29)20-10-3-2-4-11-20/h5-9,12-17,20H,2-4,10-11H2,1H3,(H,28,29). The fourth-order valence-corrected chi connectivity index (χ4v) is 4.05. The molecule has 0 radical (unpaired) electrons. The molecule has 0 heterocycles. The number of amides is 1. The van der Waals surface area contributed by atoms with Gasteiger partial charge in [-0.15, -0.1) is 0 Å². The second-order valence-corrected chi connectivity index (χ2v) is 8.03. The number of hydrogen-bond donors (Lipinski definition) is 1. The number of nitrogens with zero attached hydrogens (tertiary/aromatic N) is 1. The summed E-state index contributed by atoms with van der Waals surface area (Å²) in [4.78, 5) is 25.1. The van der Waals surface area contributed by atoms with Gasteiger partial charge in [0.1, 0.15) is 5.75 Å². The molecule has 158 valence electrons. The lowest BCUT2D eigenvalue weighted by Crippen LogP contribution is -2.28. The summed E-state index contributed by atoms with van der Waals surface area (Å²) in [5.41, 5.74) is 4.80. The highest BCUT2D eigenvalue weighted by Crippen LogP contribution is 2.28. The van der Waals surface area contributed by atoms with Gasteiger partial charge in [-0.25, -0.2) is 10.2 Å². The van der Waals surface area contributed by atoms with E-state index in [4.69, 9.17) is 4.74 Å². The van der Waals surface area contributed by atoms with E-state index in [0.29, 0.717) is 16.9 Å². The fourth-order valence-electron chi connectivity index (χ4n) is 4.05. The zero-order valence-corrected chi connectivity index (χ0v) is 17.6. The van der Waals surface area contributed by atoms with E-state index in [1.807, 2.05) is 49.4 Å². The van der Waals surface area contributed by atoms with Gasteiger partial charge < -0.3 is 4.74 Å². The molecule has 0 atom stereocenters. The Morgan fingerprint density at radius 1 is 1.00 bits per heavy atom. The number of ether oxygens (including phenoxy) is 1. The highest BCUT2D eigenvalue weighted by molar-refractivity contribution is 6.04. The number of hydrazone groups is 1. The maximum Gasteiger partial charge on any atom is 0.343 e. The Kier molecular flexibility index (Phi) is 6.41. The predicted octanol–water partition coefficient (Wildman–Crippen LogP) is 5.40. The minimum absolute atomic E-state index is 0.0250. The number of esters is 1. The summed E-state index contributed by atoms with van der Waals surface area (Å²) in [5.74, 6) is -0.0488. The van der Waals surface area contributed by atoms with Crippen molar-refractivity contribution in [3.8, 4) is 5.75 Å². The number of aryl methyl sites for hydroxylation is 1. The molecule has 0 saturated heterocycles. The van der Waals surface area contributed by atoms with Crippen molar-refractivity contribution >= 4 is 28.9 Å². The molecule has 0 aliphatic heterocycles. The SMILES string of the molecule is Cc1cccc(C(=O)Oc2ccc3ccccc3c2C=NNC(=O)C2CCCCC2)c1. The van der Waals surface area contributed by atoms with E-state index in [0.717, 1.165) is 42.0 Å². The van der Waals surface area contributed by atoms with Gasteiger partial charge in [0.15, 0.2) is 0 Å². The van der Waals surface area contributed by atoms with E-state index < -0.39 is 5.97 Å². The Morgan fingerprint density at radius 2 is 1.81 bits per heavy atom. The molecule has 3 aromatic rings. The zero-order chi connectivity index (χ0) is 21.6. The Labute approximate surface area is 182 Å². The van der Waals surface area contributed by atoms with Crippen LogP contribution in [0.5, 0.6) is 5.75 Å². The van der Waals surface area contributed by atoms with Crippen LogP contribution >= 0.6 is 0 Å². The molecule has 1 N–H and O–H groups in total. The second-order valence-electron chi connectivity index (χ2n) is 8.03. The molecule has 1 saturated carbocycles. The molecule has 1 fully saturated rings. The van der Waals surface area contributed by atoms with Gasteiger partial charge in [-0.05, 0) is 48.7 Å². The number of benzene rings is 3. The van der Waals surface area contributed by atoms with Crippen LogP contribution in [-0.4, -0.2) is 18.1 Å². The van der Waals surface area contributed by atoms with Gasteiger partial charge >= 0.3 is 5.97 Å². The smallest absolute Gasteiger partial charge is 0.343 e. The summed E-state index contributed by atoms with van der Waals surface area (Å²) in [5, 5.41) is 6.10. The molecule has 1 aliphatic carbocycles. The Balaban J connectivity index is 1.59. The summed E-state index contributed by atoms with van der Waals surface area (Å²) in [6, 6.07) is 18.8. The van der Waals surface area contributed by atoms with Crippen LogP contribution in [0.3, 0.4) is 0 Å². The summed E-state index contributed by atoms with van der Waals surface area (Å²) in [7, 11) is 0. The number of fused-ring (bicyclic) bond motifs is 1. The molecular weight excluding hydrogens is 388 g/mol. The molecule has 1 aliphatic rings. The summed E-state index contributed by atoms with van der Waals surface area (Å²) < 4.78 is 5.73. The van der Waals surface area contributed by atoms with Crippen LogP contribution in [0.2, 0.25) is 0 Å². The van der Waals surface area contributed by atoms with Crippen LogP contribution in [0.15, 0.2) is 65.8 Å². The van der Waals surface area contributed by atoms with Crippen molar-refractivity contribution in [3.05, 3.63) is 77.4 Å². The quantitative estimate of drug-likeness (QED) is 0.263. The summed E-state index contributed by atoms with van der Waals surface area (Å²) in [6.45, 7) is 1.93. The molecular formula is C26H26N2O3. The molecule has 0 spiro atoms. The van der Waals surface area contributed by atoms with Crippen molar-refractivity contribution in [1.82, 2.24) is 5.43 Å². The van der Waals surface area contributed by atoms with E-state index in [1.165, 1.54) is 6.42 Å². The Hall–Kier alpha value is -3.47. The number of carbonyl (C=O) groups is 2. The molecule has 0 unspecified atom stereocenters. The summed E-state index contributed by atoms with van der Waals surface area (Å²) >= 11 is 0. The highest BCUT2D eigenvalue weighted by atomic mass is 16.5. The van der Waals surface area contributed by atoms with Crippen molar-refractivity contribution in [2.75, 3.05) is 0 Å². The lowest BCUT2D eigenvalue weighted by atomic mass is 9.89.